The van der Waals surface area contributed by atoms with E-state index in [1.807, 2.05) is 42.5 Å². The fourth-order valence-corrected chi connectivity index (χ4v) is 4.37. The Balaban J connectivity index is 1.58. The summed E-state index contributed by atoms with van der Waals surface area (Å²) in [5.41, 5.74) is 1.67. The van der Waals surface area contributed by atoms with Crippen molar-refractivity contribution in [3.05, 3.63) is 108 Å². The molecule has 4 rings (SSSR count). The highest BCUT2D eigenvalue weighted by Crippen LogP contribution is 2.25. The van der Waals surface area contributed by atoms with E-state index in [1.165, 1.54) is 6.07 Å². The highest BCUT2D eigenvalue weighted by atomic mass is 32.2. The molecule has 32 heavy (non-hydrogen) atoms. The maximum absolute atomic E-state index is 14.1. The van der Waals surface area contributed by atoms with E-state index in [2.05, 4.69) is 5.32 Å². The van der Waals surface area contributed by atoms with Crippen LogP contribution in [0.15, 0.2) is 91.0 Å². The minimum absolute atomic E-state index is 0.146. The number of nitrogens with zero attached hydrogens (tertiary/aromatic N) is 1. The van der Waals surface area contributed by atoms with Crippen LogP contribution in [0.2, 0.25) is 0 Å². The van der Waals surface area contributed by atoms with Gasteiger partial charge < -0.3 is 5.32 Å². The second kappa shape index (κ2) is 8.80. The van der Waals surface area contributed by atoms with E-state index in [9.17, 15) is 17.6 Å². The van der Waals surface area contributed by atoms with E-state index in [4.69, 9.17) is 0 Å². The maximum Gasteiger partial charge on any atom is 0.255 e. The van der Waals surface area contributed by atoms with E-state index in [0.717, 1.165) is 21.3 Å². The number of anilines is 2. The molecule has 4 aromatic rings. The van der Waals surface area contributed by atoms with Crippen LogP contribution < -0.4 is 9.62 Å². The summed E-state index contributed by atoms with van der Waals surface area (Å²) in [6.45, 7) is -0.146. The summed E-state index contributed by atoms with van der Waals surface area (Å²) in [6, 6.07) is 25.6. The number of halogens is 1. The second-order valence-electron chi connectivity index (χ2n) is 7.39. The fourth-order valence-electron chi connectivity index (χ4n) is 3.49. The summed E-state index contributed by atoms with van der Waals surface area (Å²) in [5.74, 6) is -0.792. The number of benzene rings is 4. The van der Waals surface area contributed by atoms with Gasteiger partial charge in [-0.15, -0.1) is 0 Å². The highest BCUT2D eigenvalue weighted by molar-refractivity contribution is 7.92. The predicted molar refractivity (Wildman–Crippen MR) is 126 cm³/mol. The van der Waals surface area contributed by atoms with Crippen molar-refractivity contribution >= 4 is 38.1 Å². The van der Waals surface area contributed by atoms with Crippen LogP contribution in [0.4, 0.5) is 15.8 Å². The van der Waals surface area contributed by atoms with Gasteiger partial charge in [-0.2, -0.15) is 0 Å². The van der Waals surface area contributed by atoms with Crippen LogP contribution in [0.5, 0.6) is 0 Å². The van der Waals surface area contributed by atoms with Gasteiger partial charge in [0.2, 0.25) is 10.0 Å². The first-order chi connectivity index (χ1) is 15.3. The number of carbonyl (C=O) groups is 1. The number of sulfonamides is 1. The molecule has 0 heterocycles. The predicted octanol–water partition coefficient (Wildman–Crippen LogP) is 5.20. The van der Waals surface area contributed by atoms with Gasteiger partial charge in [0.15, 0.2) is 0 Å². The first kappa shape index (κ1) is 21.5. The molecule has 0 saturated heterocycles. The molecule has 0 unspecified atom stereocenters. The molecule has 4 aromatic carbocycles. The molecule has 0 aliphatic rings. The first-order valence-electron chi connectivity index (χ1n) is 9.93. The average molecular weight is 449 g/mol. The Kier molecular flexibility index (Phi) is 5.92. The molecule has 0 atom stereocenters. The molecule has 1 amide bonds. The average Bonchev–Trinajstić information content (AvgIpc) is 2.78. The molecule has 0 aliphatic carbocycles. The van der Waals surface area contributed by atoms with E-state index < -0.39 is 15.8 Å². The number of fused-ring (bicyclic) bond motifs is 1. The fraction of sp³-hybridized carbons (Fsp3) is 0.0800. The number of amides is 1. The van der Waals surface area contributed by atoms with Crippen LogP contribution in [0.1, 0.15) is 15.9 Å². The minimum Gasteiger partial charge on any atom is -0.321 e. The summed E-state index contributed by atoms with van der Waals surface area (Å²) in [6.07, 6.45) is 1.06. The smallest absolute Gasteiger partial charge is 0.255 e. The lowest BCUT2D eigenvalue weighted by Crippen LogP contribution is -2.29. The van der Waals surface area contributed by atoms with E-state index >= 15 is 0 Å². The van der Waals surface area contributed by atoms with Gasteiger partial charge in [-0.1, -0.05) is 54.6 Å². The van der Waals surface area contributed by atoms with Crippen LogP contribution in [-0.2, 0) is 16.6 Å². The Labute approximate surface area is 186 Å². The van der Waals surface area contributed by atoms with Crippen LogP contribution in [0.3, 0.4) is 0 Å². The van der Waals surface area contributed by atoms with Gasteiger partial charge in [-0.3, -0.25) is 9.10 Å². The molecule has 0 fully saturated rings. The van der Waals surface area contributed by atoms with Gasteiger partial charge in [0.25, 0.3) is 5.91 Å². The molecule has 7 heteroatoms. The Hall–Kier alpha value is -3.71. The van der Waals surface area contributed by atoms with Crippen molar-refractivity contribution in [1.82, 2.24) is 0 Å². The van der Waals surface area contributed by atoms with Crippen LogP contribution in [-0.4, -0.2) is 20.6 Å². The minimum atomic E-state index is -3.67. The van der Waals surface area contributed by atoms with Gasteiger partial charge >= 0.3 is 0 Å². The molecular formula is C25H21FN2O3S. The molecule has 0 radical (unpaired) electrons. The van der Waals surface area contributed by atoms with Crippen molar-refractivity contribution in [1.29, 1.82) is 0 Å². The largest absolute Gasteiger partial charge is 0.321 e. The second-order valence-corrected chi connectivity index (χ2v) is 9.30. The lowest BCUT2D eigenvalue weighted by atomic mass is 10.1. The van der Waals surface area contributed by atoms with E-state index in [0.29, 0.717) is 16.9 Å². The summed E-state index contributed by atoms with van der Waals surface area (Å²) in [5, 5.41) is 4.84. The molecule has 0 saturated carbocycles. The number of nitrogens with one attached hydrogen (secondary N) is 1. The third-order valence-corrected chi connectivity index (χ3v) is 6.27. The quantitative estimate of drug-likeness (QED) is 0.441. The van der Waals surface area contributed by atoms with Gasteiger partial charge in [0, 0.05) is 22.2 Å². The van der Waals surface area contributed by atoms with Gasteiger partial charge in [0.05, 0.1) is 18.5 Å². The zero-order chi connectivity index (χ0) is 22.7. The Morgan fingerprint density at radius 3 is 2.25 bits per heavy atom. The van der Waals surface area contributed by atoms with Crippen molar-refractivity contribution in [2.45, 2.75) is 6.54 Å². The molecule has 0 aromatic heterocycles. The van der Waals surface area contributed by atoms with Crippen molar-refractivity contribution in [3.8, 4) is 0 Å². The monoisotopic (exact) mass is 448 g/mol. The third-order valence-electron chi connectivity index (χ3n) is 5.13. The topological polar surface area (TPSA) is 66.5 Å². The first-order valence-corrected chi connectivity index (χ1v) is 11.8. The Morgan fingerprint density at radius 1 is 0.875 bits per heavy atom. The molecule has 1 N–H and O–H groups in total. The lowest BCUT2D eigenvalue weighted by Gasteiger charge is -2.23. The van der Waals surface area contributed by atoms with Gasteiger partial charge in [0.1, 0.15) is 5.82 Å². The van der Waals surface area contributed by atoms with E-state index in [1.54, 1.807) is 42.5 Å². The zero-order valence-electron chi connectivity index (χ0n) is 17.3. The summed E-state index contributed by atoms with van der Waals surface area (Å²) in [4.78, 5) is 12.8. The van der Waals surface area contributed by atoms with Crippen LogP contribution in [0.25, 0.3) is 10.8 Å². The molecule has 0 spiro atoms. The maximum atomic E-state index is 14.1. The number of rotatable bonds is 6. The number of hydrogen-bond donors (Lipinski definition) is 1. The normalized spacial score (nSPS) is 11.3. The van der Waals surface area contributed by atoms with Crippen LogP contribution in [0, 0.1) is 5.82 Å². The third kappa shape index (κ3) is 4.63. The summed E-state index contributed by atoms with van der Waals surface area (Å²) < 4.78 is 39.9. The lowest BCUT2D eigenvalue weighted by molar-refractivity contribution is 0.102. The van der Waals surface area contributed by atoms with Gasteiger partial charge in [-0.25, -0.2) is 12.8 Å². The molecule has 0 bridgehead atoms. The van der Waals surface area contributed by atoms with Gasteiger partial charge in [-0.05, 0) is 41.8 Å². The molecule has 0 aliphatic heterocycles. The molecular weight excluding hydrogens is 427 g/mol. The number of carbonyl (C=O) groups excluding carboxylic acids is 1. The summed E-state index contributed by atoms with van der Waals surface area (Å²) >= 11 is 0. The van der Waals surface area contributed by atoms with Crippen molar-refractivity contribution in [2.24, 2.45) is 0 Å². The standard InChI is InChI=1S/C25H21FN2O3S/c1-32(30,31)28(17-20-8-3-5-11-23(20)26)21-15-13-19(14-16-21)25(29)27-24-12-6-9-18-7-2-4-10-22(18)24/h2-16H,17H2,1H3,(H,27,29). The van der Waals surface area contributed by atoms with Crippen molar-refractivity contribution in [2.75, 3.05) is 15.9 Å². The molecule has 162 valence electrons. The van der Waals surface area contributed by atoms with Crippen LogP contribution >= 0.6 is 0 Å². The summed E-state index contributed by atoms with van der Waals surface area (Å²) in [7, 11) is -3.67. The highest BCUT2D eigenvalue weighted by Gasteiger charge is 2.20. The Bertz CT molecular complexity index is 1380. The number of hydrogen-bond acceptors (Lipinski definition) is 3. The SMILES string of the molecule is CS(=O)(=O)N(Cc1ccccc1F)c1ccc(C(=O)Nc2cccc3ccccc23)cc1. The van der Waals surface area contributed by atoms with E-state index in [-0.39, 0.29) is 18.0 Å². The van der Waals surface area contributed by atoms with Crippen molar-refractivity contribution in [3.63, 3.8) is 0 Å². The van der Waals surface area contributed by atoms with Crippen molar-refractivity contribution < 1.29 is 17.6 Å². The molecule has 5 nitrogen and oxygen atoms in total. The zero-order valence-corrected chi connectivity index (χ0v) is 18.1. The Morgan fingerprint density at radius 2 is 1.53 bits per heavy atom.